The van der Waals surface area contributed by atoms with E-state index in [0.29, 0.717) is 5.92 Å². The van der Waals surface area contributed by atoms with Crippen molar-refractivity contribution < 1.29 is 5.11 Å². The molecule has 0 fully saturated rings. The summed E-state index contributed by atoms with van der Waals surface area (Å²) in [6.45, 7) is 8.90. The lowest BCUT2D eigenvalue weighted by atomic mass is 9.86. The maximum absolute atomic E-state index is 9.23. The lowest BCUT2D eigenvalue weighted by molar-refractivity contribution is 0.159. The van der Waals surface area contributed by atoms with Gasteiger partial charge in [-0.1, -0.05) is 52.0 Å². The van der Waals surface area contributed by atoms with Gasteiger partial charge in [0.05, 0.1) is 0 Å². The number of benzene rings is 1. The van der Waals surface area contributed by atoms with Crippen LogP contribution in [0.4, 0.5) is 0 Å². The summed E-state index contributed by atoms with van der Waals surface area (Å²) in [6, 6.07) is 8.80. The minimum atomic E-state index is -0.0143. The van der Waals surface area contributed by atoms with Crippen LogP contribution in [0.3, 0.4) is 0 Å². The Balaban J connectivity index is 2.64. The lowest BCUT2D eigenvalue weighted by Crippen LogP contribution is -2.19. The van der Waals surface area contributed by atoms with Crippen molar-refractivity contribution in [3.63, 3.8) is 0 Å². The van der Waals surface area contributed by atoms with Crippen LogP contribution in [-0.2, 0) is 12.8 Å². The van der Waals surface area contributed by atoms with Crippen molar-refractivity contribution in [1.29, 1.82) is 0 Å². The van der Waals surface area contributed by atoms with Crippen molar-refractivity contribution >= 4 is 0 Å². The molecule has 0 radical (unpaired) electrons. The highest BCUT2D eigenvalue weighted by molar-refractivity contribution is 5.23. The van der Waals surface area contributed by atoms with Crippen LogP contribution in [0.5, 0.6) is 0 Å². The smallest absolute Gasteiger partial charge is 0.0485 e. The van der Waals surface area contributed by atoms with E-state index in [0.717, 1.165) is 12.8 Å². The molecule has 1 aromatic rings. The molecule has 1 nitrogen and oxygen atoms in total. The third-order valence-electron chi connectivity index (χ3n) is 2.78. The zero-order valence-corrected chi connectivity index (χ0v) is 11.0. The Labute approximate surface area is 99.5 Å². The molecular weight excluding hydrogens is 196 g/mol. The molecule has 0 aliphatic heterocycles. The molecule has 0 amide bonds. The first-order valence-corrected chi connectivity index (χ1v) is 6.11. The summed E-state index contributed by atoms with van der Waals surface area (Å²) < 4.78 is 0. The summed E-state index contributed by atoms with van der Waals surface area (Å²) in [5.74, 6) is 0.708. The van der Waals surface area contributed by atoms with Crippen LogP contribution in [0.2, 0.25) is 0 Å². The summed E-state index contributed by atoms with van der Waals surface area (Å²) in [4.78, 5) is 0. The highest BCUT2D eigenvalue weighted by atomic mass is 16.3. The van der Waals surface area contributed by atoms with Crippen LogP contribution in [0, 0.1) is 11.3 Å². The Morgan fingerprint density at radius 2 is 1.56 bits per heavy atom. The summed E-state index contributed by atoms with van der Waals surface area (Å²) >= 11 is 0. The third kappa shape index (κ3) is 4.36. The van der Waals surface area contributed by atoms with Gasteiger partial charge in [0.25, 0.3) is 0 Å². The van der Waals surface area contributed by atoms with Crippen molar-refractivity contribution in [1.82, 2.24) is 0 Å². The van der Waals surface area contributed by atoms with Gasteiger partial charge in [-0.25, -0.2) is 0 Å². The van der Waals surface area contributed by atoms with Crippen LogP contribution < -0.4 is 0 Å². The summed E-state index contributed by atoms with van der Waals surface area (Å²) in [5.41, 5.74) is 2.70. The maximum Gasteiger partial charge on any atom is 0.0485 e. The van der Waals surface area contributed by atoms with Gasteiger partial charge >= 0.3 is 0 Å². The van der Waals surface area contributed by atoms with E-state index in [2.05, 4.69) is 52.0 Å². The van der Waals surface area contributed by atoms with E-state index in [1.165, 1.54) is 11.1 Å². The molecule has 0 bridgehead atoms. The molecule has 0 saturated heterocycles. The number of hydrogen-bond acceptors (Lipinski definition) is 1. The maximum atomic E-state index is 9.23. The zero-order valence-electron chi connectivity index (χ0n) is 11.0. The highest BCUT2D eigenvalue weighted by Gasteiger charge is 2.16. The van der Waals surface area contributed by atoms with Crippen LogP contribution in [0.25, 0.3) is 0 Å². The van der Waals surface area contributed by atoms with Gasteiger partial charge in [-0.15, -0.1) is 0 Å². The zero-order chi connectivity index (χ0) is 12.2. The predicted octanol–water partition coefficient (Wildman–Crippen LogP) is 3.45. The summed E-state index contributed by atoms with van der Waals surface area (Å²) in [5, 5.41) is 9.23. The molecule has 1 aromatic carbocycles. The SMILES string of the molecule is CC(C)Cc1ccc(CC(C)(C)CO)cc1. The molecule has 0 unspecified atom stereocenters. The minimum Gasteiger partial charge on any atom is -0.396 e. The quantitative estimate of drug-likeness (QED) is 0.806. The molecule has 0 saturated carbocycles. The van der Waals surface area contributed by atoms with Crippen molar-refractivity contribution in [2.24, 2.45) is 11.3 Å². The molecule has 0 heterocycles. The molecular formula is C15H24O. The van der Waals surface area contributed by atoms with Gasteiger partial charge in [0.15, 0.2) is 0 Å². The Morgan fingerprint density at radius 1 is 1.06 bits per heavy atom. The van der Waals surface area contributed by atoms with Crippen LogP contribution in [0.1, 0.15) is 38.8 Å². The molecule has 0 spiro atoms. The summed E-state index contributed by atoms with van der Waals surface area (Å²) in [7, 11) is 0. The first-order chi connectivity index (χ1) is 7.43. The first kappa shape index (κ1) is 13.2. The Hall–Kier alpha value is -0.820. The number of rotatable bonds is 5. The second-order valence-corrected chi connectivity index (χ2v) is 5.91. The van der Waals surface area contributed by atoms with Gasteiger partial charge < -0.3 is 5.11 Å². The second kappa shape index (κ2) is 5.49. The Morgan fingerprint density at radius 3 is 2.00 bits per heavy atom. The third-order valence-corrected chi connectivity index (χ3v) is 2.78. The van der Waals surface area contributed by atoms with Crippen molar-refractivity contribution in [2.75, 3.05) is 6.61 Å². The molecule has 16 heavy (non-hydrogen) atoms. The number of aliphatic hydroxyl groups is 1. The monoisotopic (exact) mass is 220 g/mol. The van der Waals surface area contributed by atoms with Crippen molar-refractivity contribution in [3.8, 4) is 0 Å². The van der Waals surface area contributed by atoms with Gasteiger partial charge in [-0.05, 0) is 35.3 Å². The van der Waals surface area contributed by atoms with E-state index in [9.17, 15) is 5.11 Å². The molecule has 90 valence electrons. The Kier molecular flexibility index (Phi) is 4.55. The fraction of sp³-hybridized carbons (Fsp3) is 0.600. The van der Waals surface area contributed by atoms with Crippen molar-refractivity contribution in [2.45, 2.75) is 40.5 Å². The van der Waals surface area contributed by atoms with Gasteiger partial charge in [-0.2, -0.15) is 0 Å². The molecule has 1 N–H and O–H groups in total. The average Bonchev–Trinajstić information content (AvgIpc) is 2.20. The molecule has 1 rings (SSSR count). The topological polar surface area (TPSA) is 20.2 Å². The van der Waals surface area contributed by atoms with E-state index >= 15 is 0 Å². The Bertz CT molecular complexity index is 309. The molecule has 0 aliphatic carbocycles. The molecule has 1 heteroatoms. The van der Waals surface area contributed by atoms with E-state index in [4.69, 9.17) is 0 Å². The standard InChI is InChI=1S/C15H24O/c1-12(2)9-13-5-7-14(8-6-13)10-15(3,4)11-16/h5-8,12,16H,9-11H2,1-4H3. The predicted molar refractivity (Wildman–Crippen MR) is 69.6 cm³/mol. The fourth-order valence-corrected chi connectivity index (χ4v) is 1.87. The normalized spacial score (nSPS) is 12.1. The van der Waals surface area contributed by atoms with Crippen LogP contribution in [0.15, 0.2) is 24.3 Å². The molecule has 0 atom stereocenters. The second-order valence-electron chi connectivity index (χ2n) is 5.91. The number of aliphatic hydroxyl groups excluding tert-OH is 1. The fourth-order valence-electron chi connectivity index (χ4n) is 1.87. The van der Waals surface area contributed by atoms with E-state index in [-0.39, 0.29) is 12.0 Å². The van der Waals surface area contributed by atoms with Gasteiger partial charge in [0, 0.05) is 6.61 Å². The summed E-state index contributed by atoms with van der Waals surface area (Å²) in [6.07, 6.45) is 2.08. The molecule has 0 aliphatic rings. The lowest BCUT2D eigenvalue weighted by Gasteiger charge is -2.21. The van der Waals surface area contributed by atoms with E-state index in [1.54, 1.807) is 0 Å². The van der Waals surface area contributed by atoms with Crippen LogP contribution in [-0.4, -0.2) is 11.7 Å². The van der Waals surface area contributed by atoms with Gasteiger partial charge in [0.1, 0.15) is 0 Å². The minimum absolute atomic E-state index is 0.0143. The van der Waals surface area contributed by atoms with Crippen LogP contribution >= 0.6 is 0 Å². The van der Waals surface area contributed by atoms with Crippen molar-refractivity contribution in [3.05, 3.63) is 35.4 Å². The molecule has 0 aromatic heterocycles. The van der Waals surface area contributed by atoms with E-state index < -0.39 is 0 Å². The van der Waals surface area contributed by atoms with E-state index in [1.807, 2.05) is 0 Å². The highest BCUT2D eigenvalue weighted by Crippen LogP contribution is 2.21. The average molecular weight is 220 g/mol. The number of hydrogen-bond donors (Lipinski definition) is 1. The largest absolute Gasteiger partial charge is 0.396 e. The van der Waals surface area contributed by atoms with Gasteiger partial charge in [0.2, 0.25) is 0 Å². The van der Waals surface area contributed by atoms with Gasteiger partial charge in [-0.3, -0.25) is 0 Å². The first-order valence-electron chi connectivity index (χ1n) is 6.11.